The maximum Gasteiger partial charge on any atom is 0.322 e. The summed E-state index contributed by atoms with van der Waals surface area (Å²) in [5.41, 5.74) is 5.77. The molecule has 0 aliphatic carbocycles. The highest BCUT2D eigenvalue weighted by Crippen LogP contribution is 2.25. The minimum absolute atomic E-state index is 0.0109. The van der Waals surface area contributed by atoms with Gasteiger partial charge in [-0.25, -0.2) is 4.79 Å². The summed E-state index contributed by atoms with van der Waals surface area (Å²) in [5, 5.41) is 14.8. The summed E-state index contributed by atoms with van der Waals surface area (Å²) in [6, 6.07) is 4.32. The molecule has 0 aliphatic rings. The van der Waals surface area contributed by atoms with Crippen LogP contribution in [0.25, 0.3) is 0 Å². The predicted octanol–water partition coefficient (Wildman–Crippen LogP) is 2.59. The Kier molecular flexibility index (Phi) is 5.72. The SMILES string of the molecule is CCN(CC(N)=NO)C(=O)Nc1cc(Cl)ccc1Cl. The highest BCUT2D eigenvalue weighted by molar-refractivity contribution is 6.35. The molecule has 0 saturated carbocycles. The number of carbonyl (C=O) groups excluding carboxylic acids is 1. The minimum Gasteiger partial charge on any atom is -0.409 e. The Hall–Kier alpha value is -1.66. The number of nitrogens with two attached hydrogens (primary N) is 1. The van der Waals surface area contributed by atoms with Crippen LogP contribution in [-0.4, -0.2) is 35.1 Å². The first-order chi connectivity index (χ1) is 8.97. The molecule has 0 spiro atoms. The number of urea groups is 1. The molecule has 19 heavy (non-hydrogen) atoms. The van der Waals surface area contributed by atoms with Gasteiger partial charge in [-0.2, -0.15) is 0 Å². The number of rotatable bonds is 4. The maximum atomic E-state index is 12.0. The molecule has 0 bridgehead atoms. The molecule has 104 valence electrons. The Morgan fingerprint density at radius 1 is 1.53 bits per heavy atom. The number of nitrogens with one attached hydrogen (secondary N) is 1. The van der Waals surface area contributed by atoms with Crippen LogP contribution < -0.4 is 11.1 Å². The normalized spacial score (nSPS) is 11.2. The second-order valence-electron chi connectivity index (χ2n) is 3.66. The summed E-state index contributed by atoms with van der Waals surface area (Å²) in [4.78, 5) is 13.3. The third kappa shape index (κ3) is 4.50. The average Bonchev–Trinajstić information content (AvgIpc) is 2.39. The van der Waals surface area contributed by atoms with E-state index in [0.717, 1.165) is 0 Å². The van der Waals surface area contributed by atoms with Gasteiger partial charge in [-0.1, -0.05) is 28.4 Å². The first kappa shape index (κ1) is 15.4. The van der Waals surface area contributed by atoms with E-state index >= 15 is 0 Å². The molecule has 0 aliphatic heterocycles. The van der Waals surface area contributed by atoms with Crippen molar-refractivity contribution >= 4 is 40.8 Å². The molecule has 8 heteroatoms. The molecule has 0 unspecified atom stereocenters. The molecule has 4 N–H and O–H groups in total. The third-order valence-electron chi connectivity index (χ3n) is 2.32. The maximum absolute atomic E-state index is 12.0. The Bertz CT molecular complexity index is 494. The van der Waals surface area contributed by atoms with Gasteiger partial charge < -0.3 is 21.2 Å². The van der Waals surface area contributed by atoms with E-state index in [9.17, 15) is 4.79 Å². The summed E-state index contributed by atoms with van der Waals surface area (Å²) >= 11 is 11.8. The van der Waals surface area contributed by atoms with Gasteiger partial charge in [0.25, 0.3) is 0 Å². The second-order valence-corrected chi connectivity index (χ2v) is 4.50. The molecule has 0 heterocycles. The number of nitrogens with zero attached hydrogens (tertiary/aromatic N) is 2. The summed E-state index contributed by atoms with van der Waals surface area (Å²) in [6.07, 6.45) is 0. The number of hydrogen-bond donors (Lipinski definition) is 3. The van der Waals surface area contributed by atoms with Crippen molar-refractivity contribution in [2.24, 2.45) is 10.9 Å². The van der Waals surface area contributed by atoms with Crippen molar-refractivity contribution in [2.75, 3.05) is 18.4 Å². The van der Waals surface area contributed by atoms with Gasteiger partial charge >= 0.3 is 6.03 Å². The van der Waals surface area contributed by atoms with E-state index in [1.165, 1.54) is 4.90 Å². The number of amidine groups is 1. The van der Waals surface area contributed by atoms with Gasteiger partial charge in [0.05, 0.1) is 17.3 Å². The fourth-order valence-corrected chi connectivity index (χ4v) is 1.68. The van der Waals surface area contributed by atoms with Crippen molar-refractivity contribution in [3.63, 3.8) is 0 Å². The first-order valence-electron chi connectivity index (χ1n) is 5.45. The zero-order chi connectivity index (χ0) is 14.4. The highest BCUT2D eigenvalue weighted by Gasteiger charge is 2.14. The topological polar surface area (TPSA) is 90.9 Å². The van der Waals surface area contributed by atoms with Gasteiger partial charge in [-0.05, 0) is 25.1 Å². The van der Waals surface area contributed by atoms with Crippen LogP contribution in [0.1, 0.15) is 6.92 Å². The van der Waals surface area contributed by atoms with Crippen molar-refractivity contribution < 1.29 is 10.0 Å². The number of oxime groups is 1. The van der Waals surface area contributed by atoms with E-state index in [-0.39, 0.29) is 12.4 Å². The lowest BCUT2D eigenvalue weighted by Crippen LogP contribution is -2.41. The van der Waals surface area contributed by atoms with Crippen LogP contribution in [0.5, 0.6) is 0 Å². The third-order valence-corrected chi connectivity index (χ3v) is 2.88. The zero-order valence-electron chi connectivity index (χ0n) is 10.2. The summed E-state index contributed by atoms with van der Waals surface area (Å²) in [7, 11) is 0. The summed E-state index contributed by atoms with van der Waals surface area (Å²) in [6.45, 7) is 2.17. The number of benzene rings is 1. The smallest absolute Gasteiger partial charge is 0.322 e. The van der Waals surface area contributed by atoms with Crippen LogP contribution in [0.3, 0.4) is 0 Å². The fourth-order valence-electron chi connectivity index (χ4n) is 1.34. The quantitative estimate of drug-likeness (QED) is 0.345. The van der Waals surface area contributed by atoms with E-state index in [2.05, 4.69) is 10.5 Å². The standard InChI is InChI=1S/C11H14Cl2N4O2/c1-2-17(6-10(14)16-19)11(18)15-9-5-7(12)3-4-8(9)13/h3-5,19H,2,6H2,1H3,(H2,14,16)(H,15,18). The van der Waals surface area contributed by atoms with Gasteiger partial charge in [0.1, 0.15) is 0 Å². The number of carbonyl (C=O) groups is 1. The number of halogens is 2. The van der Waals surface area contributed by atoms with Crippen molar-refractivity contribution in [1.82, 2.24) is 4.90 Å². The van der Waals surface area contributed by atoms with Gasteiger partial charge in [-0.15, -0.1) is 0 Å². The van der Waals surface area contributed by atoms with Crippen molar-refractivity contribution in [3.8, 4) is 0 Å². The van der Waals surface area contributed by atoms with E-state index < -0.39 is 6.03 Å². The van der Waals surface area contributed by atoms with Gasteiger partial charge in [0.2, 0.25) is 0 Å². The number of hydrogen-bond acceptors (Lipinski definition) is 3. The van der Waals surface area contributed by atoms with Crippen LogP contribution in [0.4, 0.5) is 10.5 Å². The van der Waals surface area contributed by atoms with E-state index in [1.807, 2.05) is 0 Å². The Morgan fingerprint density at radius 2 is 2.21 bits per heavy atom. The number of likely N-dealkylation sites (N-methyl/N-ethyl adjacent to an activating group) is 1. The number of amides is 2. The molecule has 0 radical (unpaired) electrons. The molecule has 0 fully saturated rings. The minimum atomic E-state index is -0.418. The van der Waals surface area contributed by atoms with Crippen molar-refractivity contribution in [2.45, 2.75) is 6.92 Å². The highest BCUT2D eigenvalue weighted by atomic mass is 35.5. The van der Waals surface area contributed by atoms with Crippen LogP contribution in [0, 0.1) is 0 Å². The molecule has 2 amide bonds. The first-order valence-corrected chi connectivity index (χ1v) is 6.21. The van der Waals surface area contributed by atoms with Crippen LogP contribution in [-0.2, 0) is 0 Å². The molecule has 0 saturated heterocycles. The molecule has 1 aromatic rings. The average molecular weight is 305 g/mol. The second kappa shape index (κ2) is 7.06. The molecule has 6 nitrogen and oxygen atoms in total. The van der Waals surface area contributed by atoms with Gasteiger partial charge in [0.15, 0.2) is 5.84 Å². The van der Waals surface area contributed by atoms with Crippen molar-refractivity contribution in [3.05, 3.63) is 28.2 Å². The monoisotopic (exact) mass is 304 g/mol. The molecule has 0 atom stereocenters. The van der Waals surface area contributed by atoms with E-state index in [0.29, 0.717) is 22.3 Å². The van der Waals surface area contributed by atoms with Crippen molar-refractivity contribution in [1.29, 1.82) is 0 Å². The molecule has 1 aromatic carbocycles. The lowest BCUT2D eigenvalue weighted by atomic mass is 10.3. The largest absolute Gasteiger partial charge is 0.409 e. The molecule has 1 rings (SSSR count). The summed E-state index contributed by atoms with van der Waals surface area (Å²) in [5.74, 6) is -0.0609. The van der Waals surface area contributed by atoms with E-state index in [4.69, 9.17) is 34.1 Å². The van der Waals surface area contributed by atoms with Crippen LogP contribution >= 0.6 is 23.2 Å². The molecular weight excluding hydrogens is 291 g/mol. The Balaban J connectivity index is 2.79. The lowest BCUT2D eigenvalue weighted by Gasteiger charge is -2.21. The summed E-state index contributed by atoms with van der Waals surface area (Å²) < 4.78 is 0. The van der Waals surface area contributed by atoms with Gasteiger partial charge in [0, 0.05) is 11.6 Å². The lowest BCUT2D eigenvalue weighted by molar-refractivity contribution is 0.220. The number of anilines is 1. The van der Waals surface area contributed by atoms with E-state index in [1.54, 1.807) is 25.1 Å². The van der Waals surface area contributed by atoms with Gasteiger partial charge in [-0.3, -0.25) is 0 Å². The van der Waals surface area contributed by atoms with Crippen LogP contribution in [0.2, 0.25) is 10.0 Å². The molecular formula is C11H14Cl2N4O2. The predicted molar refractivity (Wildman–Crippen MR) is 76.1 cm³/mol. The zero-order valence-corrected chi connectivity index (χ0v) is 11.7. The molecule has 0 aromatic heterocycles. The Morgan fingerprint density at radius 3 is 2.79 bits per heavy atom. The Labute approximate surface area is 120 Å². The fraction of sp³-hybridized carbons (Fsp3) is 0.273. The van der Waals surface area contributed by atoms with Crippen LogP contribution in [0.15, 0.2) is 23.4 Å².